The van der Waals surface area contributed by atoms with E-state index in [1.54, 1.807) is 11.0 Å². The second-order valence-corrected chi connectivity index (χ2v) is 13.9. The molecule has 0 saturated carbocycles. The summed E-state index contributed by atoms with van der Waals surface area (Å²) in [4.78, 5) is 38.8. The molecule has 2 heterocycles. The molecule has 2 aliphatic heterocycles. The number of alkyl halides is 3. The van der Waals surface area contributed by atoms with Crippen molar-refractivity contribution in [1.82, 2.24) is 20.4 Å². The van der Waals surface area contributed by atoms with Gasteiger partial charge in [-0.25, -0.2) is 14.0 Å². The van der Waals surface area contributed by atoms with E-state index in [2.05, 4.69) is 27.7 Å². The molecular weight excluding hydrogens is 716 g/mol. The van der Waals surface area contributed by atoms with Gasteiger partial charge < -0.3 is 25.4 Å². The molecule has 0 aromatic heterocycles. The number of aliphatic carboxylic acids is 1. The van der Waals surface area contributed by atoms with Gasteiger partial charge in [0.15, 0.2) is 0 Å². The molecule has 2 fully saturated rings. The predicted octanol–water partition coefficient (Wildman–Crippen LogP) is 7.44. The van der Waals surface area contributed by atoms with Gasteiger partial charge in [-0.05, 0) is 103 Å². The van der Waals surface area contributed by atoms with Crippen molar-refractivity contribution in [2.75, 3.05) is 32.7 Å². The molecule has 292 valence electrons. The van der Waals surface area contributed by atoms with E-state index in [9.17, 15) is 22.8 Å². The molecule has 13 heteroatoms. The summed E-state index contributed by atoms with van der Waals surface area (Å²) >= 11 is 0. The fraction of sp³-hybridized carbons (Fsp3) is 0.357. The van der Waals surface area contributed by atoms with E-state index >= 15 is 4.39 Å². The SMILES string of the molecule is C[C@H]1CN(Cc2cccc(-c3cc(CNC(=O)c4cccc(CC5CCNCC5)c4)ccc3F)c2)CCN1C(=O)OCc1ccccc1.O=C(O)C(F)(F)F. The number of nitrogens with zero attached hydrogens (tertiary/aromatic N) is 2. The maximum Gasteiger partial charge on any atom is 0.490 e. The fourth-order valence-electron chi connectivity index (χ4n) is 6.79. The molecule has 2 aliphatic rings. The number of ether oxygens (including phenoxy) is 1. The van der Waals surface area contributed by atoms with Crippen LogP contribution in [0.1, 0.15) is 52.4 Å². The third-order valence-corrected chi connectivity index (χ3v) is 9.69. The molecule has 3 N–H and O–H groups in total. The van der Waals surface area contributed by atoms with Crippen molar-refractivity contribution < 1.29 is 41.8 Å². The molecule has 9 nitrogen and oxygen atoms in total. The Hall–Kier alpha value is -5.27. The van der Waals surface area contributed by atoms with E-state index in [-0.39, 0.29) is 30.5 Å². The molecule has 1 atom stereocenters. The Labute approximate surface area is 318 Å². The van der Waals surface area contributed by atoms with Crippen molar-refractivity contribution >= 4 is 18.0 Å². The van der Waals surface area contributed by atoms with Crippen LogP contribution in [0.5, 0.6) is 0 Å². The van der Waals surface area contributed by atoms with E-state index in [1.165, 1.54) is 11.6 Å². The van der Waals surface area contributed by atoms with Crippen LogP contribution < -0.4 is 10.6 Å². The van der Waals surface area contributed by atoms with Gasteiger partial charge in [-0.3, -0.25) is 9.69 Å². The van der Waals surface area contributed by atoms with Crippen LogP contribution in [0.3, 0.4) is 0 Å². The van der Waals surface area contributed by atoms with Crippen molar-refractivity contribution in [2.45, 2.75) is 58.1 Å². The number of piperazine rings is 1. The summed E-state index contributed by atoms with van der Waals surface area (Å²) in [7, 11) is 0. The number of amides is 2. The first-order valence-corrected chi connectivity index (χ1v) is 18.3. The lowest BCUT2D eigenvalue weighted by atomic mass is 9.90. The maximum atomic E-state index is 15.1. The minimum atomic E-state index is -5.08. The lowest BCUT2D eigenvalue weighted by molar-refractivity contribution is -0.192. The van der Waals surface area contributed by atoms with Crippen molar-refractivity contribution in [1.29, 1.82) is 0 Å². The molecule has 55 heavy (non-hydrogen) atoms. The number of nitrogens with one attached hydrogen (secondary N) is 2. The van der Waals surface area contributed by atoms with Gasteiger partial charge >= 0.3 is 18.2 Å². The van der Waals surface area contributed by atoms with Gasteiger partial charge in [-0.15, -0.1) is 0 Å². The molecule has 4 aromatic carbocycles. The Morgan fingerprint density at radius 2 is 1.55 bits per heavy atom. The molecule has 6 rings (SSSR count). The van der Waals surface area contributed by atoms with Crippen LogP contribution in [0.25, 0.3) is 11.1 Å². The Morgan fingerprint density at radius 3 is 2.25 bits per heavy atom. The average molecular weight is 763 g/mol. The fourth-order valence-corrected chi connectivity index (χ4v) is 6.79. The number of carbonyl (C=O) groups excluding carboxylic acids is 2. The first-order chi connectivity index (χ1) is 26.4. The lowest BCUT2D eigenvalue weighted by Gasteiger charge is -2.39. The standard InChI is InChI=1S/C40H45FN4O3.C2HF3O2/c1-29-26-44(19-20-45(29)40(47)48-28-31-7-3-2-4-8-31)27-34-10-6-11-35(23-34)37-24-33(13-14-38(37)41)25-43-39(46)36-12-5-9-32(22-36)21-30-15-17-42-18-16-30;3-2(4,5)1(6)7/h2-14,22-24,29-30,42H,15-21,25-28H2,1H3,(H,43,46);(H,6,7)/t29-;/m0./s1. The van der Waals surface area contributed by atoms with Crippen molar-refractivity contribution in [3.05, 3.63) is 131 Å². The van der Waals surface area contributed by atoms with Crippen LogP contribution in [0.2, 0.25) is 0 Å². The molecule has 0 aliphatic carbocycles. The number of hydrogen-bond acceptors (Lipinski definition) is 6. The lowest BCUT2D eigenvalue weighted by Crippen LogP contribution is -2.53. The van der Waals surface area contributed by atoms with Crippen LogP contribution in [0.15, 0.2) is 97.1 Å². The average Bonchev–Trinajstić information content (AvgIpc) is 3.17. The molecule has 0 unspecified atom stereocenters. The molecular formula is C42H46F4N4O5. The summed E-state index contributed by atoms with van der Waals surface area (Å²) < 4.78 is 52.4. The van der Waals surface area contributed by atoms with Crippen molar-refractivity contribution in [3.8, 4) is 11.1 Å². The number of benzene rings is 4. The number of rotatable bonds is 10. The second-order valence-electron chi connectivity index (χ2n) is 13.9. The molecule has 0 bridgehead atoms. The number of carboxylic acid groups (broad SMARTS) is 1. The van der Waals surface area contributed by atoms with Gasteiger partial charge in [0.25, 0.3) is 5.91 Å². The number of hydrogen-bond donors (Lipinski definition) is 3. The third kappa shape index (κ3) is 12.4. The first-order valence-electron chi connectivity index (χ1n) is 18.3. The summed E-state index contributed by atoms with van der Waals surface area (Å²) in [5.41, 5.74) is 6.01. The van der Waals surface area contributed by atoms with Gasteiger partial charge in [0, 0.05) is 49.9 Å². The van der Waals surface area contributed by atoms with Crippen LogP contribution in [-0.4, -0.2) is 77.8 Å². The van der Waals surface area contributed by atoms with E-state index in [0.717, 1.165) is 67.7 Å². The summed E-state index contributed by atoms with van der Waals surface area (Å²) in [5, 5.41) is 13.6. The van der Waals surface area contributed by atoms with Gasteiger partial charge in [-0.1, -0.05) is 66.7 Å². The summed E-state index contributed by atoms with van der Waals surface area (Å²) in [6.07, 6.45) is -2.06. The molecule has 2 saturated heterocycles. The zero-order valence-corrected chi connectivity index (χ0v) is 30.7. The quantitative estimate of drug-likeness (QED) is 0.144. The Morgan fingerprint density at radius 1 is 0.855 bits per heavy atom. The third-order valence-electron chi connectivity index (χ3n) is 9.69. The molecule has 4 aromatic rings. The van der Waals surface area contributed by atoms with Gasteiger partial charge in [0.2, 0.25) is 0 Å². The van der Waals surface area contributed by atoms with Crippen LogP contribution in [0.4, 0.5) is 22.4 Å². The highest BCUT2D eigenvalue weighted by atomic mass is 19.4. The number of piperidine rings is 1. The maximum absolute atomic E-state index is 15.1. The van der Waals surface area contributed by atoms with E-state index < -0.39 is 12.1 Å². The zero-order chi connectivity index (χ0) is 39.4. The molecule has 0 spiro atoms. The van der Waals surface area contributed by atoms with Gasteiger partial charge in [-0.2, -0.15) is 13.2 Å². The number of halogens is 4. The Bertz CT molecular complexity index is 1900. The molecule has 2 amide bonds. The summed E-state index contributed by atoms with van der Waals surface area (Å²) in [6.45, 7) is 7.43. The largest absolute Gasteiger partial charge is 0.490 e. The van der Waals surface area contributed by atoms with Crippen LogP contribution >= 0.6 is 0 Å². The first kappa shape index (κ1) is 40.9. The zero-order valence-electron chi connectivity index (χ0n) is 30.7. The van der Waals surface area contributed by atoms with Crippen LogP contribution in [0, 0.1) is 11.7 Å². The Kier molecular flexibility index (Phi) is 14.4. The summed E-state index contributed by atoms with van der Waals surface area (Å²) in [6, 6.07) is 30.6. The predicted molar refractivity (Wildman–Crippen MR) is 201 cm³/mol. The van der Waals surface area contributed by atoms with E-state index in [1.807, 2.05) is 79.7 Å². The Balaban J connectivity index is 0.000000757. The van der Waals surface area contributed by atoms with Crippen molar-refractivity contribution in [2.24, 2.45) is 5.92 Å². The minimum absolute atomic E-state index is 0.00598. The highest BCUT2D eigenvalue weighted by Crippen LogP contribution is 2.26. The van der Waals surface area contributed by atoms with Gasteiger partial charge in [0.1, 0.15) is 12.4 Å². The van der Waals surface area contributed by atoms with Crippen LogP contribution in [-0.2, 0) is 35.6 Å². The number of carbonyl (C=O) groups is 3. The van der Waals surface area contributed by atoms with E-state index in [0.29, 0.717) is 36.7 Å². The summed E-state index contributed by atoms with van der Waals surface area (Å²) in [5.74, 6) is -2.54. The monoisotopic (exact) mass is 762 g/mol. The molecule has 0 radical (unpaired) electrons. The van der Waals surface area contributed by atoms with E-state index in [4.69, 9.17) is 14.6 Å². The number of carboxylic acids is 1. The second kappa shape index (κ2) is 19.4. The smallest absolute Gasteiger partial charge is 0.475 e. The van der Waals surface area contributed by atoms with Crippen molar-refractivity contribution in [3.63, 3.8) is 0 Å². The minimum Gasteiger partial charge on any atom is -0.475 e. The highest BCUT2D eigenvalue weighted by molar-refractivity contribution is 5.94. The highest BCUT2D eigenvalue weighted by Gasteiger charge is 2.38. The normalized spacial score (nSPS) is 16.5. The van der Waals surface area contributed by atoms with Gasteiger partial charge in [0.05, 0.1) is 0 Å². The topological polar surface area (TPSA) is 111 Å².